The van der Waals surface area contributed by atoms with Crippen LogP contribution >= 0.6 is 0 Å². The van der Waals surface area contributed by atoms with Crippen LogP contribution in [0.5, 0.6) is 0 Å². The SMILES string of the molecule is Cc1ccc(NCc2nncn2C)c(C(=O)O)c1. The van der Waals surface area contributed by atoms with E-state index in [4.69, 9.17) is 5.11 Å². The summed E-state index contributed by atoms with van der Waals surface area (Å²) in [5, 5.41) is 19.9. The fraction of sp³-hybridized carbons (Fsp3) is 0.250. The molecule has 2 aromatic rings. The van der Waals surface area contributed by atoms with Gasteiger partial charge in [0.1, 0.15) is 6.33 Å². The molecule has 18 heavy (non-hydrogen) atoms. The minimum absolute atomic E-state index is 0.261. The fourth-order valence-electron chi connectivity index (χ4n) is 1.63. The Hall–Kier alpha value is -2.37. The normalized spacial score (nSPS) is 10.3. The predicted molar refractivity (Wildman–Crippen MR) is 66.5 cm³/mol. The zero-order valence-electron chi connectivity index (χ0n) is 10.2. The molecule has 6 nitrogen and oxygen atoms in total. The quantitative estimate of drug-likeness (QED) is 0.853. The van der Waals surface area contributed by atoms with E-state index in [0.29, 0.717) is 12.2 Å². The van der Waals surface area contributed by atoms with Crippen LogP contribution in [0.1, 0.15) is 21.7 Å². The van der Waals surface area contributed by atoms with Gasteiger partial charge in [0.2, 0.25) is 0 Å². The number of carboxylic acids is 1. The average Bonchev–Trinajstić information content (AvgIpc) is 2.73. The second-order valence-corrected chi connectivity index (χ2v) is 4.07. The number of anilines is 1. The van der Waals surface area contributed by atoms with E-state index in [1.54, 1.807) is 23.0 Å². The molecule has 0 spiro atoms. The Kier molecular flexibility index (Phi) is 3.27. The van der Waals surface area contributed by atoms with Crippen molar-refractivity contribution in [1.82, 2.24) is 14.8 Å². The molecule has 1 aromatic heterocycles. The molecule has 0 saturated carbocycles. The lowest BCUT2D eigenvalue weighted by Crippen LogP contribution is -2.09. The summed E-state index contributed by atoms with van der Waals surface area (Å²) in [6, 6.07) is 5.27. The van der Waals surface area contributed by atoms with Crippen molar-refractivity contribution in [2.45, 2.75) is 13.5 Å². The Morgan fingerprint density at radius 2 is 2.28 bits per heavy atom. The number of hydrogen-bond donors (Lipinski definition) is 2. The molecular weight excluding hydrogens is 232 g/mol. The number of aromatic nitrogens is 3. The molecule has 0 aliphatic carbocycles. The Labute approximate surface area is 104 Å². The van der Waals surface area contributed by atoms with Gasteiger partial charge < -0.3 is 15.0 Å². The molecular formula is C12H14N4O2. The second-order valence-electron chi connectivity index (χ2n) is 4.07. The molecule has 0 saturated heterocycles. The topological polar surface area (TPSA) is 80.0 Å². The summed E-state index contributed by atoms with van der Waals surface area (Å²) in [6.07, 6.45) is 1.60. The minimum Gasteiger partial charge on any atom is -0.478 e. The van der Waals surface area contributed by atoms with Crippen LogP contribution in [-0.4, -0.2) is 25.8 Å². The van der Waals surface area contributed by atoms with Crippen molar-refractivity contribution in [3.63, 3.8) is 0 Å². The zero-order valence-corrected chi connectivity index (χ0v) is 10.2. The third kappa shape index (κ3) is 2.48. The molecule has 2 N–H and O–H groups in total. The van der Waals surface area contributed by atoms with E-state index in [-0.39, 0.29) is 5.56 Å². The number of aromatic carboxylic acids is 1. The highest BCUT2D eigenvalue weighted by molar-refractivity contribution is 5.94. The summed E-state index contributed by atoms with van der Waals surface area (Å²) in [5.74, 6) is -0.203. The van der Waals surface area contributed by atoms with E-state index in [0.717, 1.165) is 11.4 Å². The highest BCUT2D eigenvalue weighted by Crippen LogP contribution is 2.18. The summed E-state index contributed by atoms with van der Waals surface area (Å²) < 4.78 is 1.78. The average molecular weight is 246 g/mol. The molecule has 2 rings (SSSR count). The van der Waals surface area contributed by atoms with Crippen molar-refractivity contribution >= 4 is 11.7 Å². The van der Waals surface area contributed by atoms with Crippen LogP contribution in [0.3, 0.4) is 0 Å². The van der Waals surface area contributed by atoms with Gasteiger partial charge in [0.05, 0.1) is 12.1 Å². The van der Waals surface area contributed by atoms with Gasteiger partial charge in [-0.2, -0.15) is 0 Å². The highest BCUT2D eigenvalue weighted by atomic mass is 16.4. The van der Waals surface area contributed by atoms with Crippen LogP contribution in [0.4, 0.5) is 5.69 Å². The molecule has 0 unspecified atom stereocenters. The highest BCUT2D eigenvalue weighted by Gasteiger charge is 2.10. The van der Waals surface area contributed by atoms with Crippen molar-refractivity contribution in [2.75, 3.05) is 5.32 Å². The van der Waals surface area contributed by atoms with Gasteiger partial charge in [-0.1, -0.05) is 11.6 Å². The summed E-state index contributed by atoms with van der Waals surface area (Å²) >= 11 is 0. The van der Waals surface area contributed by atoms with Gasteiger partial charge in [-0.25, -0.2) is 4.79 Å². The lowest BCUT2D eigenvalue weighted by Gasteiger charge is -2.09. The third-order valence-corrected chi connectivity index (χ3v) is 2.65. The molecule has 0 radical (unpaired) electrons. The zero-order chi connectivity index (χ0) is 13.1. The molecule has 6 heteroatoms. The van der Waals surface area contributed by atoms with Gasteiger partial charge in [0.25, 0.3) is 0 Å². The van der Waals surface area contributed by atoms with E-state index in [1.165, 1.54) is 0 Å². The molecule has 0 fully saturated rings. The van der Waals surface area contributed by atoms with Gasteiger partial charge in [-0.15, -0.1) is 10.2 Å². The van der Waals surface area contributed by atoms with Gasteiger partial charge in [0.15, 0.2) is 5.82 Å². The van der Waals surface area contributed by atoms with Crippen molar-refractivity contribution in [3.8, 4) is 0 Å². The Morgan fingerprint density at radius 3 is 2.89 bits per heavy atom. The monoisotopic (exact) mass is 246 g/mol. The molecule has 1 aromatic carbocycles. The third-order valence-electron chi connectivity index (χ3n) is 2.65. The van der Waals surface area contributed by atoms with Crippen LogP contribution in [0, 0.1) is 6.92 Å². The van der Waals surface area contributed by atoms with Crippen molar-refractivity contribution in [3.05, 3.63) is 41.5 Å². The van der Waals surface area contributed by atoms with Crippen LogP contribution < -0.4 is 5.32 Å². The van der Waals surface area contributed by atoms with E-state index < -0.39 is 5.97 Å². The number of aryl methyl sites for hydroxylation is 2. The Morgan fingerprint density at radius 1 is 1.50 bits per heavy atom. The number of carboxylic acid groups (broad SMARTS) is 1. The van der Waals surface area contributed by atoms with E-state index in [1.807, 2.05) is 20.0 Å². The van der Waals surface area contributed by atoms with E-state index in [9.17, 15) is 4.79 Å². The van der Waals surface area contributed by atoms with E-state index in [2.05, 4.69) is 15.5 Å². The Bertz CT molecular complexity index is 577. The van der Waals surface area contributed by atoms with Crippen LogP contribution in [0.25, 0.3) is 0 Å². The summed E-state index contributed by atoms with van der Waals surface area (Å²) in [7, 11) is 1.84. The number of carbonyl (C=O) groups is 1. The van der Waals surface area contributed by atoms with Crippen molar-refractivity contribution in [1.29, 1.82) is 0 Å². The number of benzene rings is 1. The van der Waals surface area contributed by atoms with Crippen LogP contribution in [0.2, 0.25) is 0 Å². The number of hydrogen-bond acceptors (Lipinski definition) is 4. The lowest BCUT2D eigenvalue weighted by atomic mass is 10.1. The summed E-state index contributed by atoms with van der Waals surface area (Å²) in [6.45, 7) is 2.29. The smallest absolute Gasteiger partial charge is 0.337 e. The van der Waals surface area contributed by atoms with Crippen molar-refractivity contribution < 1.29 is 9.90 Å². The number of nitrogens with zero attached hydrogens (tertiary/aromatic N) is 3. The van der Waals surface area contributed by atoms with Crippen LogP contribution in [0.15, 0.2) is 24.5 Å². The molecule has 0 atom stereocenters. The molecule has 1 heterocycles. The van der Waals surface area contributed by atoms with E-state index >= 15 is 0 Å². The van der Waals surface area contributed by atoms with Gasteiger partial charge in [0, 0.05) is 12.7 Å². The predicted octanol–water partition coefficient (Wildman–Crippen LogP) is 1.43. The maximum absolute atomic E-state index is 11.1. The Balaban J connectivity index is 2.19. The molecule has 0 aliphatic rings. The van der Waals surface area contributed by atoms with Gasteiger partial charge >= 0.3 is 5.97 Å². The number of rotatable bonds is 4. The molecule has 0 bridgehead atoms. The fourth-order valence-corrected chi connectivity index (χ4v) is 1.63. The maximum Gasteiger partial charge on any atom is 0.337 e. The lowest BCUT2D eigenvalue weighted by molar-refractivity contribution is 0.0698. The second kappa shape index (κ2) is 4.87. The van der Waals surface area contributed by atoms with Crippen LogP contribution in [-0.2, 0) is 13.6 Å². The largest absolute Gasteiger partial charge is 0.478 e. The summed E-state index contributed by atoms with van der Waals surface area (Å²) in [5.41, 5.74) is 1.75. The first-order valence-corrected chi connectivity index (χ1v) is 5.48. The molecule has 0 amide bonds. The first-order chi connectivity index (χ1) is 8.58. The minimum atomic E-state index is -0.945. The standard InChI is InChI=1S/C12H14N4O2/c1-8-3-4-10(9(5-8)12(17)18)13-6-11-15-14-7-16(11)2/h3-5,7,13H,6H2,1-2H3,(H,17,18). The van der Waals surface area contributed by atoms with Crippen molar-refractivity contribution in [2.24, 2.45) is 7.05 Å². The van der Waals surface area contributed by atoms with Gasteiger partial charge in [-0.3, -0.25) is 0 Å². The first-order valence-electron chi connectivity index (χ1n) is 5.48. The van der Waals surface area contributed by atoms with Gasteiger partial charge in [-0.05, 0) is 19.1 Å². The molecule has 94 valence electrons. The first kappa shape index (κ1) is 12.1. The number of nitrogens with one attached hydrogen (secondary N) is 1. The maximum atomic E-state index is 11.1. The summed E-state index contributed by atoms with van der Waals surface area (Å²) in [4.78, 5) is 11.1. The molecule has 0 aliphatic heterocycles.